The van der Waals surface area contributed by atoms with E-state index in [2.05, 4.69) is 21.2 Å². The molecule has 1 aliphatic heterocycles. The van der Waals surface area contributed by atoms with Crippen LogP contribution in [0.2, 0.25) is 5.02 Å². The van der Waals surface area contributed by atoms with E-state index < -0.39 is 18.5 Å². The van der Waals surface area contributed by atoms with Crippen LogP contribution in [-0.2, 0) is 19.1 Å². The minimum Gasteiger partial charge on any atom is -0.452 e. The molecule has 3 amide bonds. The second-order valence-electron chi connectivity index (χ2n) is 7.81. The van der Waals surface area contributed by atoms with Crippen molar-refractivity contribution in [1.29, 1.82) is 0 Å². The third kappa shape index (κ3) is 4.56. The van der Waals surface area contributed by atoms with Gasteiger partial charge in [-0.1, -0.05) is 46.4 Å². The number of halogens is 2. The highest BCUT2D eigenvalue weighted by Gasteiger charge is 2.48. The van der Waals surface area contributed by atoms with Gasteiger partial charge in [-0.25, -0.2) is 4.79 Å². The Hall–Kier alpha value is -2.71. The molecule has 1 saturated heterocycles. The lowest BCUT2D eigenvalue weighted by Crippen LogP contribution is -2.31. The molecule has 1 aliphatic carbocycles. The van der Waals surface area contributed by atoms with Gasteiger partial charge in [0.1, 0.15) is 0 Å². The van der Waals surface area contributed by atoms with Gasteiger partial charge in [-0.15, -0.1) is 0 Å². The quantitative estimate of drug-likeness (QED) is 0.461. The first-order valence-corrected chi connectivity index (χ1v) is 11.4. The predicted octanol–water partition coefficient (Wildman–Crippen LogP) is 4.58. The van der Waals surface area contributed by atoms with Crippen LogP contribution in [0.15, 0.2) is 46.9 Å². The molecule has 166 valence electrons. The Balaban J connectivity index is 1.41. The van der Waals surface area contributed by atoms with Gasteiger partial charge in [0.2, 0.25) is 11.8 Å². The Kier molecular flexibility index (Phi) is 6.62. The van der Waals surface area contributed by atoms with E-state index in [4.69, 9.17) is 16.3 Å². The van der Waals surface area contributed by atoms with Gasteiger partial charge in [0.25, 0.3) is 5.91 Å². The normalized spacial score (nSPS) is 20.1. The van der Waals surface area contributed by atoms with Crippen LogP contribution in [0.1, 0.15) is 36.0 Å². The molecule has 7 nitrogen and oxygen atoms in total. The third-order valence-electron chi connectivity index (χ3n) is 5.72. The molecule has 2 aromatic rings. The van der Waals surface area contributed by atoms with Crippen LogP contribution in [0.4, 0.5) is 11.4 Å². The number of esters is 1. The van der Waals surface area contributed by atoms with Gasteiger partial charge in [-0.2, -0.15) is 0 Å². The summed E-state index contributed by atoms with van der Waals surface area (Å²) in [7, 11) is 0. The van der Waals surface area contributed by atoms with Gasteiger partial charge in [-0.3, -0.25) is 19.3 Å². The standard InChI is InChI=1S/C23H20BrClN2O5/c24-14-8-9-19(18(25)11-14)26-20(28)12-32-23(31)13-4-3-5-15(10-13)27-21(29)16-6-1-2-7-17(16)22(27)30/h3-5,8-11,16-17H,1-2,6-7,12H2,(H,26,28)/t16-,17-/m1/s1. The van der Waals surface area contributed by atoms with Crippen molar-refractivity contribution in [1.82, 2.24) is 0 Å². The Labute approximate surface area is 198 Å². The van der Waals surface area contributed by atoms with E-state index in [0.717, 1.165) is 17.3 Å². The highest BCUT2D eigenvalue weighted by molar-refractivity contribution is 9.10. The van der Waals surface area contributed by atoms with Crippen molar-refractivity contribution in [3.63, 3.8) is 0 Å². The molecule has 1 heterocycles. The minimum absolute atomic E-state index is 0.146. The van der Waals surface area contributed by atoms with Gasteiger partial charge in [0.05, 0.1) is 33.8 Å². The van der Waals surface area contributed by atoms with E-state index in [9.17, 15) is 19.2 Å². The molecule has 0 bridgehead atoms. The van der Waals surface area contributed by atoms with Crippen molar-refractivity contribution < 1.29 is 23.9 Å². The molecule has 4 rings (SSSR count). The zero-order valence-corrected chi connectivity index (χ0v) is 19.3. The zero-order valence-electron chi connectivity index (χ0n) is 17.0. The second-order valence-corrected chi connectivity index (χ2v) is 9.13. The molecule has 9 heteroatoms. The van der Waals surface area contributed by atoms with Crippen molar-refractivity contribution in [3.8, 4) is 0 Å². The molecule has 0 radical (unpaired) electrons. The SMILES string of the molecule is O=C(COC(=O)c1cccc(N2C(=O)[C@@H]3CCCC[C@H]3C2=O)c1)Nc1ccc(Br)cc1Cl. The maximum absolute atomic E-state index is 12.8. The average Bonchev–Trinajstić information content (AvgIpc) is 3.04. The topological polar surface area (TPSA) is 92.8 Å². The lowest BCUT2D eigenvalue weighted by molar-refractivity contribution is -0.122. The van der Waals surface area contributed by atoms with Gasteiger partial charge >= 0.3 is 5.97 Å². The minimum atomic E-state index is -0.736. The summed E-state index contributed by atoms with van der Waals surface area (Å²) in [6.45, 7) is -0.513. The Morgan fingerprint density at radius 1 is 1.06 bits per heavy atom. The largest absolute Gasteiger partial charge is 0.452 e. The van der Waals surface area contributed by atoms with E-state index in [0.29, 0.717) is 29.2 Å². The number of hydrogen-bond donors (Lipinski definition) is 1. The summed E-state index contributed by atoms with van der Waals surface area (Å²) in [6.07, 6.45) is 3.30. The van der Waals surface area contributed by atoms with Gasteiger partial charge in [0.15, 0.2) is 6.61 Å². The number of amides is 3. The molecule has 1 N–H and O–H groups in total. The number of nitrogens with zero attached hydrogens (tertiary/aromatic N) is 1. The van der Waals surface area contributed by atoms with Gasteiger partial charge < -0.3 is 10.1 Å². The Morgan fingerprint density at radius 3 is 2.41 bits per heavy atom. The Morgan fingerprint density at radius 2 is 1.75 bits per heavy atom. The molecular weight excluding hydrogens is 500 g/mol. The molecule has 2 aromatic carbocycles. The lowest BCUT2D eigenvalue weighted by atomic mass is 9.81. The van der Waals surface area contributed by atoms with Crippen LogP contribution in [0, 0.1) is 11.8 Å². The number of benzene rings is 2. The summed E-state index contributed by atoms with van der Waals surface area (Å²) in [5.74, 6) is -2.26. The Bertz CT molecular complexity index is 1080. The van der Waals surface area contributed by atoms with Crippen LogP contribution in [-0.4, -0.2) is 30.3 Å². The molecule has 1 saturated carbocycles. The summed E-state index contributed by atoms with van der Waals surface area (Å²) >= 11 is 9.35. The fourth-order valence-electron chi connectivity index (χ4n) is 4.18. The monoisotopic (exact) mass is 518 g/mol. The predicted molar refractivity (Wildman–Crippen MR) is 122 cm³/mol. The number of rotatable bonds is 5. The number of nitrogens with one attached hydrogen (secondary N) is 1. The van der Waals surface area contributed by atoms with Crippen LogP contribution in [0.3, 0.4) is 0 Å². The van der Waals surface area contributed by atoms with Crippen LogP contribution in [0.5, 0.6) is 0 Å². The van der Waals surface area contributed by atoms with Crippen LogP contribution in [0.25, 0.3) is 0 Å². The average molecular weight is 520 g/mol. The zero-order chi connectivity index (χ0) is 22.8. The molecule has 32 heavy (non-hydrogen) atoms. The summed E-state index contributed by atoms with van der Waals surface area (Å²) in [6, 6.07) is 11.1. The number of anilines is 2. The smallest absolute Gasteiger partial charge is 0.338 e. The molecular formula is C23H20BrClN2O5. The fraction of sp³-hybridized carbons (Fsp3) is 0.304. The number of hydrogen-bond acceptors (Lipinski definition) is 5. The maximum atomic E-state index is 12.8. The van der Waals surface area contributed by atoms with Gasteiger partial charge in [0, 0.05) is 4.47 Å². The molecule has 0 spiro atoms. The second kappa shape index (κ2) is 9.42. The van der Waals surface area contributed by atoms with E-state index in [1.165, 1.54) is 17.0 Å². The van der Waals surface area contributed by atoms with E-state index >= 15 is 0 Å². The molecule has 2 atom stereocenters. The van der Waals surface area contributed by atoms with Crippen LogP contribution >= 0.6 is 27.5 Å². The first-order chi connectivity index (χ1) is 15.3. The highest BCUT2D eigenvalue weighted by atomic mass is 79.9. The fourth-order valence-corrected chi connectivity index (χ4v) is 4.90. The van der Waals surface area contributed by atoms with Crippen molar-refractivity contribution in [2.75, 3.05) is 16.8 Å². The number of imide groups is 1. The van der Waals surface area contributed by atoms with Crippen molar-refractivity contribution >= 4 is 62.6 Å². The van der Waals surface area contributed by atoms with Crippen molar-refractivity contribution in [2.24, 2.45) is 11.8 Å². The lowest BCUT2D eigenvalue weighted by Gasteiger charge is -2.19. The number of carbonyl (C=O) groups excluding carboxylic acids is 4. The third-order valence-corrected chi connectivity index (χ3v) is 6.53. The van der Waals surface area contributed by atoms with E-state index in [1.807, 2.05) is 0 Å². The highest BCUT2D eigenvalue weighted by Crippen LogP contribution is 2.40. The van der Waals surface area contributed by atoms with Crippen LogP contribution < -0.4 is 10.2 Å². The summed E-state index contributed by atoms with van der Waals surface area (Å²) in [5.41, 5.74) is 0.882. The number of carbonyl (C=O) groups is 4. The van der Waals surface area contributed by atoms with Crippen molar-refractivity contribution in [3.05, 3.63) is 57.5 Å². The molecule has 2 fully saturated rings. The first-order valence-electron chi connectivity index (χ1n) is 10.2. The molecule has 2 aliphatic rings. The summed E-state index contributed by atoms with van der Waals surface area (Å²) in [5, 5.41) is 2.91. The van der Waals surface area contributed by atoms with Gasteiger partial charge in [-0.05, 0) is 49.2 Å². The van der Waals surface area contributed by atoms with E-state index in [1.54, 1.807) is 30.3 Å². The van der Waals surface area contributed by atoms with E-state index in [-0.39, 0.29) is 29.2 Å². The summed E-state index contributed by atoms with van der Waals surface area (Å²) in [4.78, 5) is 51.4. The molecule has 0 aromatic heterocycles. The van der Waals surface area contributed by atoms with Crippen molar-refractivity contribution in [2.45, 2.75) is 25.7 Å². The summed E-state index contributed by atoms with van der Waals surface area (Å²) < 4.78 is 5.86. The first kappa shape index (κ1) is 22.5. The number of fused-ring (bicyclic) bond motifs is 1. The molecule has 0 unspecified atom stereocenters. The number of ether oxygens (including phenoxy) is 1. The maximum Gasteiger partial charge on any atom is 0.338 e.